The van der Waals surface area contributed by atoms with E-state index < -0.39 is 0 Å². The van der Waals surface area contributed by atoms with Crippen molar-refractivity contribution in [2.24, 2.45) is 0 Å². The number of carbonyl (C=O) groups excluding carboxylic acids is 2. The molecule has 8 nitrogen and oxygen atoms in total. The lowest BCUT2D eigenvalue weighted by molar-refractivity contribution is -0.137. The Balaban J connectivity index is 1.72. The first kappa shape index (κ1) is 22.7. The molecular formula is C18H31NO7. The summed E-state index contributed by atoms with van der Waals surface area (Å²) in [6, 6.07) is 0. The Kier molecular flexibility index (Phi) is 13.9. The summed E-state index contributed by atoms with van der Waals surface area (Å²) < 4.78 is 26.8. The molecule has 0 N–H and O–H groups in total. The maximum atomic E-state index is 11.3. The van der Waals surface area contributed by atoms with Crippen LogP contribution in [0.2, 0.25) is 0 Å². The van der Waals surface area contributed by atoms with Gasteiger partial charge in [-0.15, -0.1) is 0 Å². The van der Waals surface area contributed by atoms with Crippen molar-refractivity contribution in [1.29, 1.82) is 0 Å². The topological polar surface area (TPSA) is 83.5 Å². The molecular weight excluding hydrogens is 342 g/mol. The van der Waals surface area contributed by atoms with Gasteiger partial charge in [0.05, 0.1) is 66.0 Å². The molecule has 0 spiro atoms. The van der Waals surface area contributed by atoms with Crippen LogP contribution in [-0.2, 0) is 33.3 Å². The molecule has 26 heavy (non-hydrogen) atoms. The van der Waals surface area contributed by atoms with Crippen LogP contribution >= 0.6 is 0 Å². The fourth-order valence-corrected chi connectivity index (χ4v) is 2.04. The maximum Gasteiger partial charge on any atom is 0.253 e. The molecule has 1 heterocycles. The predicted octanol–water partition coefficient (Wildman–Crippen LogP) is 0.795. The van der Waals surface area contributed by atoms with Gasteiger partial charge in [0.1, 0.15) is 0 Å². The Bertz CT molecular complexity index is 396. The number of amides is 2. The van der Waals surface area contributed by atoms with E-state index in [0.29, 0.717) is 59.5 Å². The summed E-state index contributed by atoms with van der Waals surface area (Å²) in [7, 11) is 0. The number of carbonyl (C=O) groups is 2. The summed E-state index contributed by atoms with van der Waals surface area (Å²) in [5.41, 5.74) is 0. The normalized spacial score (nSPS) is 14.0. The lowest BCUT2D eigenvalue weighted by Crippen LogP contribution is -2.33. The van der Waals surface area contributed by atoms with Crippen LogP contribution in [0.1, 0.15) is 19.8 Å². The fourth-order valence-electron chi connectivity index (χ4n) is 2.04. The highest BCUT2D eigenvalue weighted by atomic mass is 16.6. The number of hydrogen-bond acceptors (Lipinski definition) is 7. The molecule has 1 rings (SSSR count). The monoisotopic (exact) mass is 373 g/mol. The molecule has 0 aromatic carbocycles. The second kappa shape index (κ2) is 15.9. The van der Waals surface area contributed by atoms with Gasteiger partial charge in [0.25, 0.3) is 11.8 Å². The minimum absolute atomic E-state index is 0.261. The zero-order valence-corrected chi connectivity index (χ0v) is 15.7. The van der Waals surface area contributed by atoms with Crippen LogP contribution in [0.5, 0.6) is 0 Å². The smallest absolute Gasteiger partial charge is 0.253 e. The average Bonchev–Trinajstić information content (AvgIpc) is 2.96. The molecule has 0 aromatic heterocycles. The van der Waals surface area contributed by atoms with Gasteiger partial charge in [0.15, 0.2) is 0 Å². The number of unbranched alkanes of at least 4 members (excludes halogenated alkanes) is 1. The van der Waals surface area contributed by atoms with Crippen molar-refractivity contribution >= 4 is 11.8 Å². The molecule has 0 fully saturated rings. The summed E-state index contributed by atoms with van der Waals surface area (Å²) in [5, 5.41) is 0. The zero-order valence-electron chi connectivity index (χ0n) is 15.7. The SMILES string of the molecule is CCCCOCCOCCOCCOCCOCCN1C(=O)C=CC1=O. The van der Waals surface area contributed by atoms with Crippen molar-refractivity contribution < 1.29 is 33.3 Å². The molecule has 0 bridgehead atoms. The Morgan fingerprint density at radius 3 is 1.46 bits per heavy atom. The maximum absolute atomic E-state index is 11.3. The minimum Gasteiger partial charge on any atom is -0.379 e. The third-order valence-corrected chi connectivity index (χ3v) is 3.49. The fraction of sp³-hybridized carbons (Fsp3) is 0.778. The predicted molar refractivity (Wildman–Crippen MR) is 94.9 cm³/mol. The molecule has 150 valence electrons. The minimum atomic E-state index is -0.292. The lowest BCUT2D eigenvalue weighted by Gasteiger charge is -2.13. The van der Waals surface area contributed by atoms with E-state index in [4.69, 9.17) is 23.7 Å². The van der Waals surface area contributed by atoms with E-state index in [1.807, 2.05) is 0 Å². The van der Waals surface area contributed by atoms with Crippen LogP contribution in [0.25, 0.3) is 0 Å². The molecule has 1 aliphatic rings. The zero-order chi connectivity index (χ0) is 18.9. The van der Waals surface area contributed by atoms with Crippen molar-refractivity contribution in [3.05, 3.63) is 12.2 Å². The highest BCUT2D eigenvalue weighted by Crippen LogP contribution is 2.02. The molecule has 0 aromatic rings. The van der Waals surface area contributed by atoms with E-state index in [9.17, 15) is 9.59 Å². The van der Waals surface area contributed by atoms with Gasteiger partial charge >= 0.3 is 0 Å². The first-order valence-corrected chi connectivity index (χ1v) is 9.18. The van der Waals surface area contributed by atoms with Crippen LogP contribution in [0, 0.1) is 0 Å². The van der Waals surface area contributed by atoms with Gasteiger partial charge in [-0.05, 0) is 6.42 Å². The molecule has 1 aliphatic heterocycles. The summed E-state index contributed by atoms with van der Waals surface area (Å²) in [6.07, 6.45) is 4.75. The summed E-state index contributed by atoms with van der Waals surface area (Å²) >= 11 is 0. The summed E-state index contributed by atoms with van der Waals surface area (Å²) in [4.78, 5) is 23.7. The lowest BCUT2D eigenvalue weighted by atomic mass is 10.4. The van der Waals surface area contributed by atoms with Gasteiger partial charge in [0, 0.05) is 18.8 Å². The molecule has 0 radical (unpaired) electrons. The van der Waals surface area contributed by atoms with Crippen molar-refractivity contribution in [2.45, 2.75) is 19.8 Å². The van der Waals surface area contributed by atoms with E-state index in [1.165, 1.54) is 12.2 Å². The first-order chi connectivity index (χ1) is 12.8. The van der Waals surface area contributed by atoms with Crippen molar-refractivity contribution in [2.75, 3.05) is 72.6 Å². The van der Waals surface area contributed by atoms with Gasteiger partial charge in [-0.1, -0.05) is 13.3 Å². The van der Waals surface area contributed by atoms with Crippen molar-refractivity contribution in [1.82, 2.24) is 4.90 Å². The molecule has 2 amide bonds. The third-order valence-electron chi connectivity index (χ3n) is 3.49. The molecule has 0 saturated carbocycles. The second-order valence-corrected chi connectivity index (χ2v) is 5.58. The first-order valence-electron chi connectivity index (χ1n) is 9.18. The highest BCUT2D eigenvalue weighted by Gasteiger charge is 2.22. The summed E-state index contributed by atoms with van der Waals surface area (Å²) in [6.45, 7) is 7.61. The Morgan fingerprint density at radius 1 is 0.654 bits per heavy atom. The van der Waals surface area contributed by atoms with Crippen LogP contribution in [0.4, 0.5) is 0 Å². The molecule has 0 aliphatic carbocycles. The number of imide groups is 1. The van der Waals surface area contributed by atoms with Gasteiger partial charge < -0.3 is 23.7 Å². The van der Waals surface area contributed by atoms with Crippen molar-refractivity contribution in [3.8, 4) is 0 Å². The molecule has 0 unspecified atom stereocenters. The number of rotatable bonds is 18. The standard InChI is InChI=1S/C18H31NO7/c1-2-3-7-22-9-11-24-13-15-26-16-14-25-12-10-23-8-6-19-17(20)4-5-18(19)21/h4-5H,2-3,6-16H2,1H3. The van der Waals surface area contributed by atoms with Gasteiger partial charge in [-0.25, -0.2) is 0 Å². The quantitative estimate of drug-likeness (QED) is 0.259. The Labute approximate surface area is 155 Å². The van der Waals surface area contributed by atoms with Gasteiger partial charge in [-0.2, -0.15) is 0 Å². The van der Waals surface area contributed by atoms with E-state index in [2.05, 4.69) is 6.92 Å². The van der Waals surface area contributed by atoms with Gasteiger partial charge in [0.2, 0.25) is 0 Å². The van der Waals surface area contributed by atoms with E-state index >= 15 is 0 Å². The van der Waals surface area contributed by atoms with Crippen LogP contribution in [-0.4, -0.2) is 89.3 Å². The third kappa shape index (κ3) is 11.3. The van der Waals surface area contributed by atoms with Crippen molar-refractivity contribution in [3.63, 3.8) is 0 Å². The van der Waals surface area contributed by atoms with Gasteiger partial charge in [-0.3, -0.25) is 14.5 Å². The van der Waals surface area contributed by atoms with E-state index in [-0.39, 0.29) is 18.4 Å². The van der Waals surface area contributed by atoms with Crippen LogP contribution in [0.3, 0.4) is 0 Å². The number of hydrogen-bond donors (Lipinski definition) is 0. The van der Waals surface area contributed by atoms with Crippen LogP contribution < -0.4 is 0 Å². The van der Waals surface area contributed by atoms with E-state index in [1.54, 1.807) is 0 Å². The number of ether oxygens (including phenoxy) is 5. The molecule has 0 atom stereocenters. The Hall–Kier alpha value is -1.32. The number of nitrogens with zero attached hydrogens (tertiary/aromatic N) is 1. The molecule has 8 heteroatoms. The largest absolute Gasteiger partial charge is 0.379 e. The summed E-state index contributed by atoms with van der Waals surface area (Å²) in [5.74, 6) is -0.583. The van der Waals surface area contributed by atoms with E-state index in [0.717, 1.165) is 24.3 Å². The average molecular weight is 373 g/mol. The molecule has 0 saturated heterocycles. The second-order valence-electron chi connectivity index (χ2n) is 5.58. The Morgan fingerprint density at radius 2 is 1.04 bits per heavy atom. The highest BCUT2D eigenvalue weighted by molar-refractivity contribution is 6.12. The van der Waals surface area contributed by atoms with Crippen LogP contribution in [0.15, 0.2) is 12.2 Å².